The summed E-state index contributed by atoms with van der Waals surface area (Å²) in [7, 11) is 1.57. The van der Waals surface area contributed by atoms with Gasteiger partial charge < -0.3 is 15.4 Å². The molecule has 0 radical (unpaired) electrons. The van der Waals surface area contributed by atoms with E-state index in [0.29, 0.717) is 16.5 Å². The van der Waals surface area contributed by atoms with Crippen LogP contribution in [0.2, 0.25) is 5.02 Å². The van der Waals surface area contributed by atoms with Crippen LogP contribution in [0.25, 0.3) is 0 Å². The fourth-order valence-electron chi connectivity index (χ4n) is 1.61. The molecule has 20 heavy (non-hydrogen) atoms. The molecule has 3 nitrogen and oxygen atoms in total. The van der Waals surface area contributed by atoms with E-state index in [4.69, 9.17) is 28.6 Å². The Bertz CT molecular complexity index is 636. The van der Waals surface area contributed by atoms with Crippen molar-refractivity contribution in [1.29, 1.82) is 0 Å². The maximum Gasteiger partial charge on any atom is 0.175 e. The van der Waals surface area contributed by atoms with Crippen LogP contribution >= 0.6 is 23.8 Å². The zero-order valence-corrected chi connectivity index (χ0v) is 12.2. The first-order chi connectivity index (χ1) is 9.60. The monoisotopic (exact) mass is 310 g/mol. The smallest absolute Gasteiger partial charge is 0.175 e. The van der Waals surface area contributed by atoms with Crippen LogP contribution < -0.4 is 15.4 Å². The topological polar surface area (TPSA) is 33.3 Å². The summed E-state index contributed by atoms with van der Waals surface area (Å²) in [6, 6.07) is 11.6. The van der Waals surface area contributed by atoms with Gasteiger partial charge in [-0.15, -0.1) is 0 Å². The number of hydrogen-bond acceptors (Lipinski definition) is 2. The predicted molar refractivity (Wildman–Crippen MR) is 84.2 cm³/mol. The summed E-state index contributed by atoms with van der Waals surface area (Å²) in [6.07, 6.45) is 0. The van der Waals surface area contributed by atoms with Crippen LogP contribution in [0.5, 0.6) is 5.75 Å². The van der Waals surface area contributed by atoms with Crippen LogP contribution in [0.4, 0.5) is 15.8 Å². The highest BCUT2D eigenvalue weighted by molar-refractivity contribution is 7.80. The van der Waals surface area contributed by atoms with Gasteiger partial charge in [0.1, 0.15) is 11.6 Å². The summed E-state index contributed by atoms with van der Waals surface area (Å²) in [5.41, 5.74) is 0.948. The molecule has 0 unspecified atom stereocenters. The molecule has 2 N–H and O–H groups in total. The first kappa shape index (κ1) is 14.6. The number of benzene rings is 2. The second-order valence-corrected chi connectivity index (χ2v) is 4.75. The van der Waals surface area contributed by atoms with Crippen molar-refractivity contribution in [3.63, 3.8) is 0 Å². The van der Waals surface area contributed by atoms with E-state index < -0.39 is 5.82 Å². The minimum atomic E-state index is -0.471. The number of anilines is 2. The second kappa shape index (κ2) is 6.54. The van der Waals surface area contributed by atoms with Crippen LogP contribution in [0, 0.1) is 5.82 Å². The molecule has 6 heteroatoms. The summed E-state index contributed by atoms with van der Waals surface area (Å²) in [6.45, 7) is 0. The Hall–Kier alpha value is -1.85. The van der Waals surface area contributed by atoms with E-state index in [1.54, 1.807) is 19.2 Å². The SMILES string of the molecule is COc1ccccc1NC(=S)Nc1ccc(Cl)cc1F. The fraction of sp³-hybridized carbons (Fsp3) is 0.0714. The second-order valence-electron chi connectivity index (χ2n) is 3.90. The number of para-hydroxylation sites is 2. The van der Waals surface area contributed by atoms with Gasteiger partial charge in [-0.2, -0.15) is 0 Å². The third-order valence-electron chi connectivity index (χ3n) is 2.53. The summed E-state index contributed by atoms with van der Waals surface area (Å²) in [5.74, 6) is 0.176. The van der Waals surface area contributed by atoms with Gasteiger partial charge in [0.25, 0.3) is 0 Å². The number of thiocarbonyl (C=S) groups is 1. The molecule has 0 heterocycles. The van der Waals surface area contributed by atoms with Crippen LogP contribution in [-0.2, 0) is 0 Å². The molecule has 0 aromatic heterocycles. The van der Waals surface area contributed by atoms with Crippen molar-refractivity contribution < 1.29 is 9.13 Å². The molecule has 0 atom stereocenters. The molecule has 2 aromatic carbocycles. The molecule has 104 valence electrons. The van der Waals surface area contributed by atoms with E-state index in [-0.39, 0.29) is 10.8 Å². The highest BCUT2D eigenvalue weighted by atomic mass is 35.5. The number of ether oxygens (including phenoxy) is 1. The molecule has 0 fully saturated rings. The normalized spacial score (nSPS) is 9.95. The summed E-state index contributed by atoms with van der Waals surface area (Å²) < 4.78 is 18.8. The fourth-order valence-corrected chi connectivity index (χ4v) is 1.99. The molecule has 0 bridgehead atoms. The van der Waals surface area contributed by atoms with Gasteiger partial charge in [0.15, 0.2) is 5.11 Å². The molecule has 0 amide bonds. The zero-order valence-electron chi connectivity index (χ0n) is 10.6. The average molecular weight is 311 g/mol. The third-order valence-corrected chi connectivity index (χ3v) is 2.97. The highest BCUT2D eigenvalue weighted by Gasteiger charge is 2.07. The van der Waals surface area contributed by atoms with Gasteiger partial charge in [-0.05, 0) is 42.5 Å². The molecule has 0 aliphatic carbocycles. The molecular weight excluding hydrogens is 299 g/mol. The maximum absolute atomic E-state index is 13.6. The Morgan fingerprint density at radius 1 is 1.15 bits per heavy atom. The van der Waals surface area contributed by atoms with Gasteiger partial charge in [0, 0.05) is 5.02 Å². The van der Waals surface area contributed by atoms with Crippen LogP contribution in [-0.4, -0.2) is 12.2 Å². The maximum atomic E-state index is 13.6. The summed E-state index contributed by atoms with van der Waals surface area (Å²) in [4.78, 5) is 0. The van der Waals surface area contributed by atoms with E-state index in [1.165, 1.54) is 12.1 Å². The van der Waals surface area contributed by atoms with E-state index in [9.17, 15) is 4.39 Å². The van der Waals surface area contributed by atoms with Crippen LogP contribution in [0.1, 0.15) is 0 Å². The molecule has 2 rings (SSSR count). The third kappa shape index (κ3) is 3.59. The average Bonchev–Trinajstić information content (AvgIpc) is 2.42. The Labute approximate surface area is 126 Å². The lowest BCUT2D eigenvalue weighted by atomic mass is 10.3. The zero-order chi connectivity index (χ0) is 14.5. The number of halogens is 2. The minimum absolute atomic E-state index is 0.252. The number of rotatable bonds is 3. The van der Waals surface area contributed by atoms with Gasteiger partial charge in [-0.1, -0.05) is 23.7 Å². The van der Waals surface area contributed by atoms with E-state index in [1.807, 2.05) is 18.2 Å². The Balaban J connectivity index is 2.09. The van der Waals surface area contributed by atoms with E-state index >= 15 is 0 Å². The van der Waals surface area contributed by atoms with Crippen molar-refractivity contribution in [3.05, 3.63) is 53.3 Å². The summed E-state index contributed by atoms with van der Waals surface area (Å²) in [5, 5.41) is 6.31. The van der Waals surface area contributed by atoms with Crippen molar-refractivity contribution in [2.45, 2.75) is 0 Å². The Morgan fingerprint density at radius 2 is 1.85 bits per heavy atom. The molecule has 0 aliphatic heterocycles. The lowest BCUT2D eigenvalue weighted by Crippen LogP contribution is -2.20. The van der Waals surface area contributed by atoms with Crippen molar-refractivity contribution in [1.82, 2.24) is 0 Å². The first-order valence-electron chi connectivity index (χ1n) is 5.76. The standard InChI is InChI=1S/C14H12ClFN2OS/c1-19-13-5-3-2-4-12(13)18-14(20)17-11-7-6-9(15)8-10(11)16/h2-8H,1H3,(H2,17,18,20). The van der Waals surface area contributed by atoms with Crippen molar-refractivity contribution >= 4 is 40.3 Å². The number of hydrogen-bond donors (Lipinski definition) is 2. The van der Waals surface area contributed by atoms with Gasteiger partial charge >= 0.3 is 0 Å². The molecule has 2 aromatic rings. The quantitative estimate of drug-likeness (QED) is 0.828. The van der Waals surface area contributed by atoms with Crippen molar-refractivity contribution in [2.24, 2.45) is 0 Å². The van der Waals surface area contributed by atoms with Crippen LogP contribution in [0.15, 0.2) is 42.5 Å². The Morgan fingerprint density at radius 3 is 2.55 bits per heavy atom. The highest BCUT2D eigenvalue weighted by Crippen LogP contribution is 2.24. The number of nitrogens with one attached hydrogen (secondary N) is 2. The van der Waals surface area contributed by atoms with Gasteiger partial charge in [0.2, 0.25) is 0 Å². The van der Waals surface area contributed by atoms with Crippen molar-refractivity contribution in [3.8, 4) is 5.75 Å². The predicted octanol–water partition coefficient (Wildman–Crippen LogP) is 4.30. The van der Waals surface area contributed by atoms with E-state index in [0.717, 1.165) is 0 Å². The van der Waals surface area contributed by atoms with Gasteiger partial charge in [-0.3, -0.25) is 0 Å². The largest absolute Gasteiger partial charge is 0.495 e. The molecule has 0 aliphatic rings. The Kier molecular flexibility index (Phi) is 4.76. The van der Waals surface area contributed by atoms with Gasteiger partial charge in [-0.25, -0.2) is 4.39 Å². The number of methoxy groups -OCH3 is 1. The van der Waals surface area contributed by atoms with Gasteiger partial charge in [0.05, 0.1) is 18.5 Å². The molecule has 0 saturated heterocycles. The lowest BCUT2D eigenvalue weighted by molar-refractivity contribution is 0.417. The minimum Gasteiger partial charge on any atom is -0.495 e. The van der Waals surface area contributed by atoms with Crippen LogP contribution in [0.3, 0.4) is 0 Å². The first-order valence-corrected chi connectivity index (χ1v) is 6.55. The molecular formula is C14H12ClFN2OS. The summed E-state index contributed by atoms with van der Waals surface area (Å²) >= 11 is 10.8. The molecule has 0 saturated carbocycles. The van der Waals surface area contributed by atoms with Crippen molar-refractivity contribution in [2.75, 3.05) is 17.7 Å². The lowest BCUT2D eigenvalue weighted by Gasteiger charge is -2.13. The van der Waals surface area contributed by atoms with E-state index in [2.05, 4.69) is 10.6 Å². The molecule has 0 spiro atoms.